The standard InChI is InChI=1S/C18H23N3O2S/c1-13-2-3-15-16(12-13)24-18(19-15)21-6-4-14(5-7-21)17(22)20-8-10-23-11-9-20/h2-3,12,14H,4-11H2,1H3. The summed E-state index contributed by atoms with van der Waals surface area (Å²) in [4.78, 5) is 21.7. The van der Waals surface area contributed by atoms with E-state index in [1.807, 2.05) is 4.90 Å². The summed E-state index contributed by atoms with van der Waals surface area (Å²) in [6, 6.07) is 6.41. The van der Waals surface area contributed by atoms with Gasteiger partial charge < -0.3 is 14.5 Å². The van der Waals surface area contributed by atoms with Gasteiger partial charge in [-0.05, 0) is 37.5 Å². The highest BCUT2D eigenvalue weighted by Gasteiger charge is 2.30. The van der Waals surface area contributed by atoms with Crippen LogP contribution >= 0.6 is 11.3 Å². The highest BCUT2D eigenvalue weighted by atomic mass is 32.1. The molecule has 0 N–H and O–H groups in total. The number of aryl methyl sites for hydroxylation is 1. The third-order valence-electron chi connectivity index (χ3n) is 4.97. The van der Waals surface area contributed by atoms with Crippen molar-refractivity contribution >= 4 is 32.6 Å². The molecule has 2 aliphatic rings. The number of ether oxygens (including phenoxy) is 1. The van der Waals surface area contributed by atoms with E-state index in [0.717, 1.165) is 49.7 Å². The van der Waals surface area contributed by atoms with Crippen LogP contribution in [-0.4, -0.2) is 55.2 Å². The van der Waals surface area contributed by atoms with Crippen molar-refractivity contribution in [3.63, 3.8) is 0 Å². The van der Waals surface area contributed by atoms with Crippen LogP contribution in [0.5, 0.6) is 0 Å². The van der Waals surface area contributed by atoms with Gasteiger partial charge in [-0.25, -0.2) is 4.98 Å². The van der Waals surface area contributed by atoms with Gasteiger partial charge in [-0.3, -0.25) is 4.79 Å². The molecule has 2 saturated heterocycles. The van der Waals surface area contributed by atoms with E-state index in [1.165, 1.54) is 10.3 Å². The predicted molar refractivity (Wildman–Crippen MR) is 96.7 cm³/mol. The Hall–Kier alpha value is -1.66. The first kappa shape index (κ1) is 15.8. The van der Waals surface area contributed by atoms with Gasteiger partial charge in [0.1, 0.15) is 0 Å². The minimum absolute atomic E-state index is 0.163. The van der Waals surface area contributed by atoms with Gasteiger partial charge in [0.05, 0.1) is 23.4 Å². The van der Waals surface area contributed by atoms with E-state index in [-0.39, 0.29) is 5.92 Å². The average molecular weight is 345 g/mol. The Morgan fingerprint density at radius 1 is 1.21 bits per heavy atom. The fraction of sp³-hybridized carbons (Fsp3) is 0.556. The number of anilines is 1. The number of benzene rings is 1. The number of amides is 1. The van der Waals surface area contributed by atoms with Crippen LogP contribution in [0.2, 0.25) is 0 Å². The number of rotatable bonds is 2. The molecule has 24 heavy (non-hydrogen) atoms. The maximum atomic E-state index is 12.6. The van der Waals surface area contributed by atoms with Crippen LogP contribution in [0.4, 0.5) is 5.13 Å². The van der Waals surface area contributed by atoms with Crippen molar-refractivity contribution in [2.45, 2.75) is 19.8 Å². The number of carbonyl (C=O) groups is 1. The van der Waals surface area contributed by atoms with Crippen LogP contribution in [-0.2, 0) is 9.53 Å². The number of hydrogen-bond acceptors (Lipinski definition) is 5. The topological polar surface area (TPSA) is 45.7 Å². The SMILES string of the molecule is Cc1ccc2nc(N3CCC(C(=O)N4CCOCC4)CC3)sc2c1. The number of fused-ring (bicyclic) bond motifs is 1. The minimum Gasteiger partial charge on any atom is -0.378 e. The molecule has 0 bridgehead atoms. The Kier molecular flexibility index (Phi) is 4.41. The molecule has 5 nitrogen and oxygen atoms in total. The molecule has 1 aromatic carbocycles. The lowest BCUT2D eigenvalue weighted by atomic mass is 9.95. The number of nitrogens with zero attached hydrogens (tertiary/aromatic N) is 3. The van der Waals surface area contributed by atoms with E-state index in [4.69, 9.17) is 9.72 Å². The Labute approximate surface area is 146 Å². The van der Waals surface area contributed by atoms with Crippen molar-refractivity contribution in [3.05, 3.63) is 23.8 Å². The Morgan fingerprint density at radius 3 is 2.71 bits per heavy atom. The third-order valence-corrected chi connectivity index (χ3v) is 6.05. The van der Waals surface area contributed by atoms with Crippen LogP contribution in [0.1, 0.15) is 18.4 Å². The summed E-state index contributed by atoms with van der Waals surface area (Å²) in [6.45, 7) is 6.79. The van der Waals surface area contributed by atoms with Crippen LogP contribution in [0, 0.1) is 12.8 Å². The van der Waals surface area contributed by atoms with Gasteiger partial charge in [0, 0.05) is 32.1 Å². The lowest BCUT2D eigenvalue weighted by molar-refractivity contribution is -0.140. The van der Waals surface area contributed by atoms with Gasteiger partial charge >= 0.3 is 0 Å². The van der Waals surface area contributed by atoms with Gasteiger partial charge in [-0.2, -0.15) is 0 Å². The molecule has 2 aliphatic heterocycles. The summed E-state index contributed by atoms with van der Waals surface area (Å²) in [7, 11) is 0. The molecule has 0 spiro atoms. The normalized spacial score (nSPS) is 19.9. The van der Waals surface area contributed by atoms with Gasteiger partial charge in [-0.1, -0.05) is 17.4 Å². The molecule has 1 amide bonds. The number of hydrogen-bond donors (Lipinski definition) is 0. The van der Waals surface area contributed by atoms with E-state index in [0.29, 0.717) is 19.1 Å². The Morgan fingerprint density at radius 2 is 1.96 bits per heavy atom. The lowest BCUT2D eigenvalue weighted by Crippen LogP contribution is -2.46. The van der Waals surface area contributed by atoms with Crippen LogP contribution in [0.25, 0.3) is 10.2 Å². The summed E-state index contributed by atoms with van der Waals surface area (Å²) in [5, 5.41) is 1.09. The fourth-order valence-electron chi connectivity index (χ4n) is 3.51. The molecule has 0 radical (unpaired) electrons. The molecule has 0 atom stereocenters. The maximum Gasteiger partial charge on any atom is 0.225 e. The molecule has 2 fully saturated rings. The second-order valence-corrected chi connectivity index (χ2v) is 7.68. The van der Waals surface area contributed by atoms with Crippen molar-refractivity contribution in [1.82, 2.24) is 9.88 Å². The zero-order chi connectivity index (χ0) is 16.5. The smallest absolute Gasteiger partial charge is 0.225 e. The quantitative estimate of drug-likeness (QED) is 0.839. The highest BCUT2D eigenvalue weighted by Crippen LogP contribution is 2.32. The largest absolute Gasteiger partial charge is 0.378 e. The van der Waals surface area contributed by atoms with Gasteiger partial charge in [0.25, 0.3) is 0 Å². The molecular weight excluding hydrogens is 322 g/mol. The summed E-state index contributed by atoms with van der Waals surface area (Å²) < 4.78 is 6.59. The van der Waals surface area contributed by atoms with Gasteiger partial charge in [0.15, 0.2) is 5.13 Å². The molecule has 0 unspecified atom stereocenters. The molecule has 0 aliphatic carbocycles. The molecule has 0 saturated carbocycles. The summed E-state index contributed by atoms with van der Waals surface area (Å²) in [6.07, 6.45) is 1.84. The minimum atomic E-state index is 0.163. The number of aromatic nitrogens is 1. The predicted octanol–water partition coefficient (Wildman–Crippen LogP) is 2.68. The lowest BCUT2D eigenvalue weighted by Gasteiger charge is -2.35. The first-order chi connectivity index (χ1) is 11.7. The number of thiazole rings is 1. The first-order valence-electron chi connectivity index (χ1n) is 8.69. The van der Waals surface area contributed by atoms with E-state index < -0.39 is 0 Å². The molecule has 2 aromatic rings. The van der Waals surface area contributed by atoms with Crippen molar-refractivity contribution < 1.29 is 9.53 Å². The number of carbonyl (C=O) groups excluding carboxylic acids is 1. The van der Waals surface area contributed by atoms with E-state index in [1.54, 1.807) is 11.3 Å². The summed E-state index contributed by atoms with van der Waals surface area (Å²) in [5.74, 6) is 0.480. The van der Waals surface area contributed by atoms with Crippen molar-refractivity contribution in [2.75, 3.05) is 44.3 Å². The third kappa shape index (κ3) is 3.13. The maximum absolute atomic E-state index is 12.6. The van der Waals surface area contributed by atoms with Crippen molar-refractivity contribution in [1.29, 1.82) is 0 Å². The van der Waals surface area contributed by atoms with E-state index in [9.17, 15) is 4.79 Å². The monoisotopic (exact) mass is 345 g/mol. The first-order valence-corrected chi connectivity index (χ1v) is 9.51. The van der Waals surface area contributed by atoms with Crippen molar-refractivity contribution in [2.24, 2.45) is 5.92 Å². The second kappa shape index (κ2) is 6.69. The fourth-order valence-corrected chi connectivity index (χ4v) is 4.63. The average Bonchev–Trinajstić information content (AvgIpc) is 3.05. The molecule has 128 valence electrons. The van der Waals surface area contributed by atoms with Crippen LogP contribution in [0.15, 0.2) is 18.2 Å². The van der Waals surface area contributed by atoms with E-state index in [2.05, 4.69) is 30.0 Å². The zero-order valence-corrected chi connectivity index (χ0v) is 14.8. The zero-order valence-electron chi connectivity index (χ0n) is 14.0. The summed E-state index contributed by atoms with van der Waals surface area (Å²) in [5.41, 5.74) is 2.35. The van der Waals surface area contributed by atoms with Crippen LogP contribution < -0.4 is 4.90 Å². The molecule has 6 heteroatoms. The number of morpholine rings is 1. The van der Waals surface area contributed by atoms with Gasteiger partial charge in [-0.15, -0.1) is 0 Å². The molecular formula is C18H23N3O2S. The van der Waals surface area contributed by atoms with E-state index >= 15 is 0 Å². The number of piperidine rings is 1. The second-order valence-electron chi connectivity index (χ2n) is 6.67. The molecule has 4 rings (SSSR count). The Bertz CT molecular complexity index is 731. The van der Waals surface area contributed by atoms with Crippen molar-refractivity contribution in [3.8, 4) is 0 Å². The summed E-state index contributed by atoms with van der Waals surface area (Å²) >= 11 is 1.76. The molecule has 1 aromatic heterocycles. The Balaban J connectivity index is 1.40. The highest BCUT2D eigenvalue weighted by molar-refractivity contribution is 7.22. The molecule has 3 heterocycles. The van der Waals surface area contributed by atoms with Crippen LogP contribution in [0.3, 0.4) is 0 Å². The van der Waals surface area contributed by atoms with Gasteiger partial charge in [0.2, 0.25) is 5.91 Å².